The molecule has 0 aliphatic rings. The maximum absolute atomic E-state index is 14.6. The third-order valence-corrected chi connectivity index (χ3v) is 4.47. The normalized spacial score (nSPS) is 11.8. The van der Waals surface area contributed by atoms with Crippen molar-refractivity contribution < 1.29 is 27.2 Å². The van der Waals surface area contributed by atoms with Gasteiger partial charge in [0.05, 0.1) is 25.2 Å². The summed E-state index contributed by atoms with van der Waals surface area (Å²) in [5.74, 6) is -1.95. The van der Waals surface area contributed by atoms with E-state index in [1.807, 2.05) is 13.8 Å². The number of carbonyl (C=O) groups is 2. The third kappa shape index (κ3) is 5.59. The lowest BCUT2D eigenvalue weighted by molar-refractivity contribution is -0.144. The standard InChI is InChI=1S/C19H21F4N7O2/c1-11(2)30-14(4-7-26-30)17(32)25-10-13-16(20)29-8-5-12(27-18(29)28-13)9-24-15(31)3-6-19(21,22)23/h4-5,7-8,11H,3,6,9-10H2,1-2H3,(H,24,31)(H,25,32). The Bertz CT molecular complexity index is 1120. The number of hydrogen-bond donors (Lipinski definition) is 2. The largest absolute Gasteiger partial charge is 0.389 e. The van der Waals surface area contributed by atoms with Gasteiger partial charge in [-0.1, -0.05) is 0 Å². The summed E-state index contributed by atoms with van der Waals surface area (Å²) >= 11 is 0. The first kappa shape index (κ1) is 23.2. The third-order valence-electron chi connectivity index (χ3n) is 4.47. The molecule has 3 rings (SSSR count). The van der Waals surface area contributed by atoms with E-state index < -0.39 is 36.8 Å². The number of alkyl halides is 3. The van der Waals surface area contributed by atoms with Gasteiger partial charge in [-0.05, 0) is 26.0 Å². The van der Waals surface area contributed by atoms with Crippen LogP contribution in [-0.2, 0) is 17.9 Å². The van der Waals surface area contributed by atoms with Crippen molar-refractivity contribution in [3.8, 4) is 0 Å². The molecule has 9 nitrogen and oxygen atoms in total. The van der Waals surface area contributed by atoms with Gasteiger partial charge in [0.1, 0.15) is 11.4 Å². The number of rotatable bonds is 8. The van der Waals surface area contributed by atoms with Crippen molar-refractivity contribution in [3.63, 3.8) is 0 Å². The van der Waals surface area contributed by atoms with Crippen LogP contribution in [0.3, 0.4) is 0 Å². The first-order valence-corrected chi connectivity index (χ1v) is 9.72. The molecule has 0 bridgehead atoms. The van der Waals surface area contributed by atoms with E-state index in [4.69, 9.17) is 0 Å². The highest BCUT2D eigenvalue weighted by Gasteiger charge is 2.27. The van der Waals surface area contributed by atoms with Crippen LogP contribution in [0.15, 0.2) is 24.5 Å². The van der Waals surface area contributed by atoms with E-state index in [2.05, 4.69) is 25.7 Å². The molecule has 0 unspecified atom stereocenters. The first-order chi connectivity index (χ1) is 15.0. The molecule has 0 atom stereocenters. The minimum absolute atomic E-state index is 0.0130. The van der Waals surface area contributed by atoms with Crippen molar-refractivity contribution in [1.82, 2.24) is 34.8 Å². The summed E-state index contributed by atoms with van der Waals surface area (Å²) in [7, 11) is 0. The van der Waals surface area contributed by atoms with E-state index in [0.717, 1.165) is 4.40 Å². The molecule has 0 saturated carbocycles. The monoisotopic (exact) mass is 455 g/mol. The zero-order valence-corrected chi connectivity index (χ0v) is 17.3. The summed E-state index contributed by atoms with van der Waals surface area (Å²) in [6, 6.07) is 2.92. The number of nitrogens with zero attached hydrogens (tertiary/aromatic N) is 5. The SMILES string of the molecule is CC(C)n1nccc1C(=O)NCc1nc2nc(CNC(=O)CCC(F)(F)F)ccn2c1F. The Morgan fingerprint density at radius 2 is 1.88 bits per heavy atom. The molecule has 0 aliphatic carbocycles. The van der Waals surface area contributed by atoms with Gasteiger partial charge in [0.2, 0.25) is 17.6 Å². The van der Waals surface area contributed by atoms with Gasteiger partial charge in [-0.15, -0.1) is 0 Å². The predicted molar refractivity (Wildman–Crippen MR) is 104 cm³/mol. The molecule has 0 spiro atoms. The maximum atomic E-state index is 14.6. The minimum atomic E-state index is -4.41. The van der Waals surface area contributed by atoms with Crippen LogP contribution in [0, 0.1) is 5.95 Å². The molecule has 0 radical (unpaired) electrons. The average Bonchev–Trinajstić information content (AvgIpc) is 3.33. The zero-order chi connectivity index (χ0) is 23.5. The highest BCUT2D eigenvalue weighted by Crippen LogP contribution is 2.21. The fourth-order valence-electron chi connectivity index (χ4n) is 2.89. The molecule has 13 heteroatoms. The summed E-state index contributed by atoms with van der Waals surface area (Å²) in [4.78, 5) is 32.1. The topological polar surface area (TPSA) is 106 Å². The highest BCUT2D eigenvalue weighted by atomic mass is 19.4. The lowest BCUT2D eigenvalue weighted by Crippen LogP contribution is -2.27. The van der Waals surface area contributed by atoms with Crippen molar-refractivity contribution in [2.75, 3.05) is 0 Å². The molecule has 0 saturated heterocycles. The molecule has 0 aliphatic heterocycles. The van der Waals surface area contributed by atoms with Gasteiger partial charge >= 0.3 is 6.18 Å². The summed E-state index contributed by atoms with van der Waals surface area (Å²) < 4.78 is 53.7. The van der Waals surface area contributed by atoms with Gasteiger partial charge in [0, 0.05) is 24.9 Å². The Labute approximate surface area is 179 Å². The number of aromatic nitrogens is 5. The molecule has 172 valence electrons. The van der Waals surface area contributed by atoms with Crippen LogP contribution in [0.5, 0.6) is 0 Å². The van der Waals surface area contributed by atoms with Crippen LogP contribution >= 0.6 is 0 Å². The van der Waals surface area contributed by atoms with Gasteiger partial charge in [0.25, 0.3) is 5.91 Å². The molecule has 3 aromatic rings. The number of carbonyl (C=O) groups excluding carboxylic acids is 2. The van der Waals surface area contributed by atoms with Gasteiger partial charge in [-0.25, -0.2) is 9.97 Å². The first-order valence-electron chi connectivity index (χ1n) is 9.72. The van der Waals surface area contributed by atoms with Crippen LogP contribution < -0.4 is 10.6 Å². The number of amides is 2. The zero-order valence-electron chi connectivity index (χ0n) is 17.3. The number of nitrogens with one attached hydrogen (secondary N) is 2. The molecule has 3 aromatic heterocycles. The maximum Gasteiger partial charge on any atom is 0.389 e. The smallest absolute Gasteiger partial charge is 0.350 e. The Morgan fingerprint density at radius 1 is 1.12 bits per heavy atom. The van der Waals surface area contributed by atoms with E-state index in [9.17, 15) is 27.2 Å². The molecule has 2 amide bonds. The number of fused-ring (bicyclic) bond motifs is 1. The summed E-state index contributed by atoms with van der Waals surface area (Å²) in [6.07, 6.45) is -3.50. The molecule has 0 aromatic carbocycles. The summed E-state index contributed by atoms with van der Waals surface area (Å²) in [6.45, 7) is 3.41. The van der Waals surface area contributed by atoms with Crippen molar-refractivity contribution in [2.45, 2.75) is 52.0 Å². The second-order valence-corrected chi connectivity index (χ2v) is 7.27. The van der Waals surface area contributed by atoms with Crippen LogP contribution in [0.4, 0.5) is 17.6 Å². The second-order valence-electron chi connectivity index (χ2n) is 7.27. The van der Waals surface area contributed by atoms with Gasteiger partial charge in [-0.3, -0.25) is 18.7 Å². The Kier molecular flexibility index (Phi) is 6.75. The second kappa shape index (κ2) is 9.32. The van der Waals surface area contributed by atoms with E-state index in [0.29, 0.717) is 11.4 Å². The van der Waals surface area contributed by atoms with Crippen molar-refractivity contribution >= 4 is 17.6 Å². The Balaban J connectivity index is 1.63. The predicted octanol–water partition coefficient (Wildman–Crippen LogP) is 2.53. The van der Waals surface area contributed by atoms with Crippen molar-refractivity contribution in [1.29, 1.82) is 0 Å². The number of imidazole rings is 1. The van der Waals surface area contributed by atoms with E-state index >= 15 is 0 Å². The molecular weight excluding hydrogens is 434 g/mol. The average molecular weight is 455 g/mol. The lowest BCUT2D eigenvalue weighted by Gasteiger charge is -2.10. The minimum Gasteiger partial charge on any atom is -0.350 e. The van der Waals surface area contributed by atoms with Gasteiger partial charge in [-0.2, -0.15) is 22.7 Å². The van der Waals surface area contributed by atoms with Crippen molar-refractivity contribution in [2.24, 2.45) is 0 Å². The fraction of sp³-hybridized carbons (Fsp3) is 0.421. The van der Waals surface area contributed by atoms with Crippen LogP contribution in [0.25, 0.3) is 5.78 Å². The van der Waals surface area contributed by atoms with Crippen molar-refractivity contribution in [3.05, 3.63) is 47.6 Å². The highest BCUT2D eigenvalue weighted by molar-refractivity contribution is 5.92. The van der Waals surface area contributed by atoms with Gasteiger partial charge < -0.3 is 10.6 Å². The van der Waals surface area contributed by atoms with Crippen LogP contribution in [0.1, 0.15) is 54.6 Å². The number of hydrogen-bond acceptors (Lipinski definition) is 5. The Hall–Kier alpha value is -3.51. The molecule has 0 fully saturated rings. The molecule has 3 heterocycles. The lowest BCUT2D eigenvalue weighted by atomic mass is 10.3. The Morgan fingerprint density at radius 3 is 2.56 bits per heavy atom. The van der Waals surface area contributed by atoms with Gasteiger partial charge in [0.15, 0.2) is 0 Å². The van der Waals surface area contributed by atoms with E-state index in [1.54, 1.807) is 6.07 Å². The van der Waals surface area contributed by atoms with Crippen LogP contribution in [0.2, 0.25) is 0 Å². The van der Waals surface area contributed by atoms with Crippen LogP contribution in [-0.4, -0.2) is 42.1 Å². The quantitative estimate of drug-likeness (QED) is 0.508. The van der Waals surface area contributed by atoms with E-state index in [1.165, 1.54) is 23.1 Å². The van der Waals surface area contributed by atoms with E-state index in [-0.39, 0.29) is 30.6 Å². The molecule has 32 heavy (non-hydrogen) atoms. The summed E-state index contributed by atoms with van der Waals surface area (Å²) in [5.41, 5.74) is 0.568. The molecular formula is C19H21F4N7O2. The summed E-state index contributed by atoms with van der Waals surface area (Å²) in [5, 5.41) is 8.99. The number of halogens is 4. The fourth-order valence-corrected chi connectivity index (χ4v) is 2.89. The molecule has 2 N–H and O–H groups in total.